The smallest absolute Gasteiger partial charge is 0.269 e. The first-order valence-electron chi connectivity index (χ1n) is 13.0. The Bertz CT molecular complexity index is 1610. The Labute approximate surface area is 253 Å². The predicted molar refractivity (Wildman–Crippen MR) is 165 cm³/mol. The third-order valence-corrected chi connectivity index (χ3v) is 9.36. The Hall–Kier alpha value is -4.88. The van der Waals surface area contributed by atoms with E-state index in [0.29, 0.717) is 34.0 Å². The third-order valence-electron chi connectivity index (χ3n) is 6.93. The van der Waals surface area contributed by atoms with Gasteiger partial charge in [0.25, 0.3) is 11.4 Å². The first-order valence-corrected chi connectivity index (χ1v) is 15.1. The van der Waals surface area contributed by atoms with Gasteiger partial charge >= 0.3 is 0 Å². The van der Waals surface area contributed by atoms with Gasteiger partial charge < -0.3 is 4.74 Å². The van der Waals surface area contributed by atoms with Crippen LogP contribution >= 0.6 is 23.5 Å². The summed E-state index contributed by atoms with van der Waals surface area (Å²) >= 11 is 2.82. The molecule has 2 fully saturated rings. The Balaban J connectivity index is 1.16. The van der Waals surface area contributed by atoms with Gasteiger partial charge in [-0.3, -0.25) is 39.6 Å². The minimum atomic E-state index is -0.453. The van der Waals surface area contributed by atoms with E-state index in [1.54, 1.807) is 82.6 Å². The fourth-order valence-electron chi connectivity index (χ4n) is 4.97. The average Bonchev–Trinajstić information content (AvgIpc) is 3.60. The minimum absolute atomic E-state index is 0.0282. The molecule has 2 aliphatic rings. The molecule has 0 radical (unpaired) electrons. The lowest BCUT2D eigenvalue weighted by Gasteiger charge is -2.25. The SMILES string of the molecule is O=C1CSC(c2cccc([N+](=O)[O-])c2)N1c1ccc(Oc2ccc(N3C(=O)CSC3c3cccc([N+](=O)[O-])c3)cc2)cc1. The van der Waals surface area contributed by atoms with E-state index in [2.05, 4.69) is 0 Å². The summed E-state index contributed by atoms with van der Waals surface area (Å²) in [5.41, 5.74) is 2.58. The molecule has 2 atom stereocenters. The molecule has 216 valence electrons. The summed E-state index contributed by atoms with van der Waals surface area (Å²) in [7, 11) is 0. The zero-order valence-electron chi connectivity index (χ0n) is 22.3. The molecular weight excluding hydrogens is 592 g/mol. The highest BCUT2D eigenvalue weighted by molar-refractivity contribution is 8.01. The molecule has 4 aromatic rings. The molecule has 2 amide bonds. The highest BCUT2D eigenvalue weighted by Crippen LogP contribution is 2.44. The summed E-state index contributed by atoms with van der Waals surface area (Å²) < 4.78 is 6.01. The third kappa shape index (κ3) is 5.76. The van der Waals surface area contributed by atoms with Crippen LogP contribution in [0.25, 0.3) is 0 Å². The van der Waals surface area contributed by atoms with Crippen LogP contribution in [0, 0.1) is 20.2 Å². The van der Waals surface area contributed by atoms with Crippen LogP contribution in [-0.4, -0.2) is 33.2 Å². The van der Waals surface area contributed by atoms with Crippen molar-refractivity contribution >= 4 is 58.1 Å². The molecule has 2 unspecified atom stereocenters. The summed E-state index contributed by atoms with van der Waals surface area (Å²) in [5.74, 6) is 1.40. The first kappa shape index (κ1) is 28.2. The molecule has 2 aliphatic heterocycles. The molecule has 11 nitrogen and oxygen atoms in total. The maximum Gasteiger partial charge on any atom is 0.269 e. The molecule has 2 saturated heterocycles. The maximum absolute atomic E-state index is 12.8. The number of nitro groups is 2. The minimum Gasteiger partial charge on any atom is -0.457 e. The number of thioether (sulfide) groups is 2. The number of nitrogens with zero attached hydrogens (tertiary/aromatic N) is 4. The Kier molecular flexibility index (Phi) is 7.74. The fraction of sp³-hybridized carbons (Fsp3) is 0.133. The van der Waals surface area contributed by atoms with Crippen molar-refractivity contribution < 1.29 is 24.2 Å². The topological polar surface area (TPSA) is 136 Å². The molecule has 13 heteroatoms. The number of hydrogen-bond donors (Lipinski definition) is 0. The lowest BCUT2D eigenvalue weighted by Crippen LogP contribution is -2.27. The van der Waals surface area contributed by atoms with Crippen LogP contribution in [0.15, 0.2) is 97.1 Å². The maximum atomic E-state index is 12.8. The largest absolute Gasteiger partial charge is 0.457 e. The van der Waals surface area contributed by atoms with E-state index in [0.717, 1.165) is 0 Å². The number of benzene rings is 4. The van der Waals surface area contributed by atoms with Gasteiger partial charge in [-0.25, -0.2) is 0 Å². The Morgan fingerprint density at radius 1 is 0.628 bits per heavy atom. The van der Waals surface area contributed by atoms with Gasteiger partial charge in [0.1, 0.15) is 22.2 Å². The highest BCUT2D eigenvalue weighted by atomic mass is 32.2. The van der Waals surface area contributed by atoms with Crippen LogP contribution in [0.2, 0.25) is 0 Å². The monoisotopic (exact) mass is 614 g/mol. The average molecular weight is 615 g/mol. The number of carbonyl (C=O) groups excluding carboxylic acids is 2. The molecule has 4 aromatic carbocycles. The summed E-state index contributed by atoms with van der Waals surface area (Å²) in [6.07, 6.45) is 0. The van der Waals surface area contributed by atoms with Gasteiger partial charge in [-0.1, -0.05) is 24.3 Å². The molecule has 2 heterocycles. The van der Waals surface area contributed by atoms with Crippen molar-refractivity contribution in [2.75, 3.05) is 21.3 Å². The van der Waals surface area contributed by atoms with E-state index in [-0.39, 0.29) is 45.4 Å². The summed E-state index contributed by atoms with van der Waals surface area (Å²) in [5, 5.41) is 21.7. The highest BCUT2D eigenvalue weighted by Gasteiger charge is 2.36. The lowest BCUT2D eigenvalue weighted by molar-refractivity contribution is -0.385. The number of amides is 2. The number of rotatable bonds is 8. The number of ether oxygens (including phenoxy) is 1. The van der Waals surface area contributed by atoms with Crippen molar-refractivity contribution in [2.45, 2.75) is 10.7 Å². The van der Waals surface area contributed by atoms with E-state index in [9.17, 15) is 29.8 Å². The van der Waals surface area contributed by atoms with Crippen molar-refractivity contribution in [1.29, 1.82) is 0 Å². The molecule has 0 N–H and O–H groups in total. The van der Waals surface area contributed by atoms with Gasteiger partial charge in [0.15, 0.2) is 0 Å². The van der Waals surface area contributed by atoms with E-state index < -0.39 is 9.85 Å². The van der Waals surface area contributed by atoms with E-state index in [4.69, 9.17) is 4.74 Å². The first-order chi connectivity index (χ1) is 20.8. The van der Waals surface area contributed by atoms with Gasteiger partial charge in [-0.15, -0.1) is 23.5 Å². The second kappa shape index (κ2) is 11.8. The van der Waals surface area contributed by atoms with E-state index in [1.807, 2.05) is 0 Å². The molecule has 0 bridgehead atoms. The quantitative estimate of drug-likeness (QED) is 0.154. The van der Waals surface area contributed by atoms with Crippen LogP contribution in [0.4, 0.5) is 22.7 Å². The van der Waals surface area contributed by atoms with Gasteiger partial charge in [-0.2, -0.15) is 0 Å². The lowest BCUT2D eigenvalue weighted by atomic mass is 10.1. The van der Waals surface area contributed by atoms with Crippen LogP contribution in [0.1, 0.15) is 21.9 Å². The van der Waals surface area contributed by atoms with Crippen LogP contribution in [0.3, 0.4) is 0 Å². The van der Waals surface area contributed by atoms with Gasteiger partial charge in [0.05, 0.1) is 21.4 Å². The molecule has 43 heavy (non-hydrogen) atoms. The van der Waals surface area contributed by atoms with E-state index in [1.165, 1.54) is 47.8 Å². The van der Waals surface area contributed by atoms with Gasteiger partial charge in [0.2, 0.25) is 11.8 Å². The molecular formula is C30H22N4O7S2. The number of hydrogen-bond acceptors (Lipinski definition) is 9. The van der Waals surface area contributed by atoms with Crippen LogP contribution in [0.5, 0.6) is 11.5 Å². The zero-order valence-corrected chi connectivity index (χ0v) is 23.9. The zero-order chi connectivity index (χ0) is 30.1. The van der Waals surface area contributed by atoms with Crippen molar-refractivity contribution in [3.63, 3.8) is 0 Å². The van der Waals surface area contributed by atoms with Crippen LogP contribution in [-0.2, 0) is 9.59 Å². The Morgan fingerprint density at radius 3 is 1.40 bits per heavy atom. The number of non-ortho nitro benzene ring substituents is 2. The molecule has 6 rings (SSSR count). The van der Waals surface area contributed by atoms with Crippen molar-refractivity contribution in [1.82, 2.24) is 0 Å². The fourth-order valence-corrected chi connectivity index (χ4v) is 7.30. The molecule has 0 aliphatic carbocycles. The normalized spacial score (nSPS) is 18.2. The molecule has 0 saturated carbocycles. The number of nitro benzene ring substituents is 2. The predicted octanol–water partition coefficient (Wildman–Crippen LogP) is 6.85. The Morgan fingerprint density at radius 2 is 1.02 bits per heavy atom. The number of carbonyl (C=O) groups is 2. The molecule has 0 aromatic heterocycles. The second-order valence-electron chi connectivity index (χ2n) is 9.65. The van der Waals surface area contributed by atoms with Gasteiger partial charge in [0, 0.05) is 35.6 Å². The summed E-state index contributed by atoms with van der Waals surface area (Å²) in [4.78, 5) is 50.4. The van der Waals surface area contributed by atoms with Crippen molar-refractivity contribution in [3.05, 3.63) is 128 Å². The van der Waals surface area contributed by atoms with Crippen molar-refractivity contribution in [2.24, 2.45) is 0 Å². The van der Waals surface area contributed by atoms with Crippen molar-refractivity contribution in [3.8, 4) is 11.5 Å². The standard InChI is InChI=1S/C30H22N4O7S2/c35-27-17-42-29(19-3-1-5-23(15-19)33(37)38)31(27)21-7-11-25(12-8-21)41-26-13-9-22(10-14-26)32-28(36)18-43-30(32)20-4-2-6-24(16-20)34(39)40/h1-16,29-30H,17-18H2. The van der Waals surface area contributed by atoms with Gasteiger partial charge in [-0.05, 0) is 59.7 Å². The summed E-state index contributed by atoms with van der Waals surface area (Å²) in [6.45, 7) is 0. The second-order valence-corrected chi connectivity index (χ2v) is 11.8. The summed E-state index contributed by atoms with van der Waals surface area (Å²) in [6, 6.07) is 26.6. The number of anilines is 2. The van der Waals surface area contributed by atoms with E-state index >= 15 is 0 Å². The molecule has 0 spiro atoms. The van der Waals surface area contributed by atoms with Crippen LogP contribution < -0.4 is 14.5 Å².